The number of hydrogen-bond donors (Lipinski definition) is 2. The second kappa shape index (κ2) is 5.06. The van der Waals surface area contributed by atoms with Gasteiger partial charge in [-0.3, -0.25) is 5.41 Å². The highest BCUT2D eigenvalue weighted by Crippen LogP contribution is 2.23. The molecular weight excluding hydrogens is 245 g/mol. The Bertz CT molecular complexity index is 641. The number of pyridine rings is 1. The molecule has 0 amide bonds. The average molecular weight is 259 g/mol. The maximum atomic E-state index is 13.2. The molecular formula is C14H14FN3O. The van der Waals surface area contributed by atoms with Crippen LogP contribution in [0.15, 0.2) is 30.3 Å². The molecule has 0 aliphatic carbocycles. The molecule has 0 saturated carbocycles. The van der Waals surface area contributed by atoms with Gasteiger partial charge in [-0.15, -0.1) is 0 Å². The zero-order valence-corrected chi connectivity index (χ0v) is 10.7. The zero-order valence-electron chi connectivity index (χ0n) is 10.7. The lowest BCUT2D eigenvalue weighted by Crippen LogP contribution is -2.11. The molecule has 5 heteroatoms. The van der Waals surface area contributed by atoms with Crippen molar-refractivity contribution in [3.63, 3.8) is 0 Å². The minimum atomic E-state index is -0.283. The number of nitrogens with one attached hydrogen (secondary N) is 1. The van der Waals surface area contributed by atoms with Crippen LogP contribution >= 0.6 is 0 Å². The van der Waals surface area contributed by atoms with Crippen LogP contribution in [-0.4, -0.2) is 10.8 Å². The van der Waals surface area contributed by atoms with E-state index in [0.717, 1.165) is 0 Å². The smallest absolute Gasteiger partial charge is 0.220 e. The van der Waals surface area contributed by atoms with Gasteiger partial charge < -0.3 is 10.5 Å². The fraction of sp³-hybridized carbons (Fsp3) is 0.143. The largest absolute Gasteiger partial charge is 0.439 e. The molecule has 1 heterocycles. The molecule has 98 valence electrons. The third kappa shape index (κ3) is 3.07. The number of nitrogens with two attached hydrogens (primary N) is 1. The van der Waals surface area contributed by atoms with Gasteiger partial charge in [0.25, 0.3) is 0 Å². The number of hydrogen-bond acceptors (Lipinski definition) is 3. The first-order chi connectivity index (χ1) is 8.95. The van der Waals surface area contributed by atoms with Crippen molar-refractivity contribution in [3.8, 4) is 11.6 Å². The quantitative estimate of drug-likeness (QED) is 0.657. The molecule has 0 radical (unpaired) electrons. The Morgan fingerprint density at radius 2 is 2.00 bits per heavy atom. The normalized spacial score (nSPS) is 10.3. The van der Waals surface area contributed by atoms with Gasteiger partial charge in [0, 0.05) is 17.3 Å². The van der Waals surface area contributed by atoms with Crippen LogP contribution in [0.5, 0.6) is 11.6 Å². The number of benzene rings is 1. The van der Waals surface area contributed by atoms with Gasteiger partial charge in [0.05, 0.1) is 0 Å². The summed E-state index contributed by atoms with van der Waals surface area (Å²) in [5.74, 6) is 0.488. The van der Waals surface area contributed by atoms with Crippen LogP contribution in [0.25, 0.3) is 0 Å². The Kier molecular flexibility index (Phi) is 3.46. The number of rotatable bonds is 3. The van der Waals surface area contributed by atoms with Crippen LogP contribution in [0.2, 0.25) is 0 Å². The van der Waals surface area contributed by atoms with Gasteiger partial charge in [0.15, 0.2) is 0 Å². The summed E-state index contributed by atoms with van der Waals surface area (Å²) in [7, 11) is 0. The molecule has 2 aromatic rings. The van der Waals surface area contributed by atoms with Gasteiger partial charge in [-0.1, -0.05) is 0 Å². The van der Waals surface area contributed by atoms with E-state index >= 15 is 0 Å². The van der Waals surface area contributed by atoms with Gasteiger partial charge in [-0.2, -0.15) is 0 Å². The number of nitrogens with zero attached hydrogens (tertiary/aromatic N) is 1. The Hall–Kier alpha value is -2.43. The van der Waals surface area contributed by atoms with E-state index in [1.807, 2.05) is 0 Å². The van der Waals surface area contributed by atoms with Crippen molar-refractivity contribution in [2.75, 3.05) is 0 Å². The summed E-state index contributed by atoms with van der Waals surface area (Å²) in [6.45, 7) is 3.45. The predicted octanol–water partition coefficient (Wildman–Crippen LogP) is 2.91. The third-order valence-electron chi connectivity index (χ3n) is 2.59. The van der Waals surface area contributed by atoms with Gasteiger partial charge >= 0.3 is 0 Å². The van der Waals surface area contributed by atoms with Gasteiger partial charge in [0.1, 0.15) is 17.4 Å². The summed E-state index contributed by atoms with van der Waals surface area (Å²) in [6, 6.07) is 7.73. The molecule has 2 rings (SSSR count). The number of aryl methyl sites for hydroxylation is 2. The van der Waals surface area contributed by atoms with E-state index in [-0.39, 0.29) is 11.7 Å². The van der Waals surface area contributed by atoms with Crippen LogP contribution in [-0.2, 0) is 0 Å². The Labute approximate surface area is 110 Å². The summed E-state index contributed by atoms with van der Waals surface area (Å²) in [5.41, 5.74) is 7.18. The first kappa shape index (κ1) is 13.0. The summed E-state index contributed by atoms with van der Waals surface area (Å²) >= 11 is 0. The monoisotopic (exact) mass is 259 g/mol. The van der Waals surface area contributed by atoms with Crippen molar-refractivity contribution in [1.82, 2.24) is 4.98 Å². The predicted molar refractivity (Wildman–Crippen MR) is 71.2 cm³/mol. The minimum Gasteiger partial charge on any atom is -0.439 e. The van der Waals surface area contributed by atoms with Crippen molar-refractivity contribution >= 4 is 5.84 Å². The average Bonchev–Trinajstić information content (AvgIpc) is 2.33. The Morgan fingerprint density at radius 1 is 1.26 bits per heavy atom. The molecule has 0 saturated heterocycles. The van der Waals surface area contributed by atoms with Crippen LogP contribution in [0.3, 0.4) is 0 Å². The minimum absolute atomic E-state index is 0.0503. The fourth-order valence-corrected chi connectivity index (χ4v) is 1.65. The lowest BCUT2D eigenvalue weighted by molar-refractivity contribution is 0.459. The molecule has 1 aromatic heterocycles. The van der Waals surface area contributed by atoms with E-state index in [0.29, 0.717) is 28.5 Å². The van der Waals surface area contributed by atoms with E-state index in [1.54, 1.807) is 32.0 Å². The standard InChI is InChI=1S/C14H14FN3O/c1-8-5-11(3-4-12(8)15)19-13-7-10(14(16)17)6-9(2)18-13/h3-7H,1-2H3,(H3,16,17). The molecule has 0 spiro atoms. The molecule has 0 bridgehead atoms. The SMILES string of the molecule is Cc1cc(C(=N)N)cc(Oc2ccc(F)c(C)c2)n1. The number of ether oxygens (including phenoxy) is 1. The number of amidine groups is 1. The highest BCUT2D eigenvalue weighted by Gasteiger charge is 2.06. The highest BCUT2D eigenvalue weighted by molar-refractivity contribution is 5.95. The number of nitrogen functional groups attached to an aromatic ring is 1. The van der Waals surface area contributed by atoms with E-state index in [4.69, 9.17) is 15.9 Å². The molecule has 4 nitrogen and oxygen atoms in total. The molecule has 0 unspecified atom stereocenters. The van der Waals surface area contributed by atoms with E-state index < -0.39 is 0 Å². The van der Waals surface area contributed by atoms with Gasteiger partial charge in [-0.25, -0.2) is 9.37 Å². The molecule has 1 aromatic carbocycles. The molecule has 3 N–H and O–H groups in total. The van der Waals surface area contributed by atoms with Crippen LogP contribution in [0.4, 0.5) is 4.39 Å². The van der Waals surface area contributed by atoms with E-state index in [9.17, 15) is 4.39 Å². The maximum Gasteiger partial charge on any atom is 0.220 e. The summed E-state index contributed by atoms with van der Waals surface area (Å²) < 4.78 is 18.7. The van der Waals surface area contributed by atoms with E-state index in [2.05, 4.69) is 4.98 Å². The maximum absolute atomic E-state index is 13.2. The van der Waals surface area contributed by atoms with Crippen molar-refractivity contribution in [2.45, 2.75) is 13.8 Å². The summed E-state index contributed by atoms with van der Waals surface area (Å²) in [6.07, 6.45) is 0. The third-order valence-corrected chi connectivity index (χ3v) is 2.59. The van der Waals surface area contributed by atoms with Crippen molar-refractivity contribution in [3.05, 3.63) is 53.0 Å². The van der Waals surface area contributed by atoms with Crippen LogP contribution < -0.4 is 10.5 Å². The van der Waals surface area contributed by atoms with Crippen molar-refractivity contribution < 1.29 is 9.13 Å². The highest BCUT2D eigenvalue weighted by atomic mass is 19.1. The molecule has 0 atom stereocenters. The van der Waals surface area contributed by atoms with Gasteiger partial charge in [-0.05, 0) is 43.7 Å². The second-order valence-electron chi connectivity index (χ2n) is 4.26. The molecule has 19 heavy (non-hydrogen) atoms. The van der Waals surface area contributed by atoms with Gasteiger partial charge in [0.2, 0.25) is 5.88 Å². The molecule has 0 fully saturated rings. The topological polar surface area (TPSA) is 72.0 Å². The Balaban J connectivity index is 2.32. The Morgan fingerprint density at radius 3 is 2.63 bits per heavy atom. The summed E-state index contributed by atoms with van der Waals surface area (Å²) in [5, 5.41) is 7.42. The fourth-order valence-electron chi connectivity index (χ4n) is 1.65. The zero-order chi connectivity index (χ0) is 14.0. The first-order valence-electron chi connectivity index (χ1n) is 5.73. The van der Waals surface area contributed by atoms with E-state index in [1.165, 1.54) is 12.1 Å². The number of halogens is 1. The van der Waals surface area contributed by atoms with Crippen LogP contribution in [0.1, 0.15) is 16.8 Å². The van der Waals surface area contributed by atoms with Crippen LogP contribution in [0, 0.1) is 25.1 Å². The molecule has 0 aliphatic rings. The van der Waals surface area contributed by atoms with Crippen molar-refractivity contribution in [2.24, 2.45) is 5.73 Å². The number of aromatic nitrogens is 1. The first-order valence-corrected chi connectivity index (χ1v) is 5.73. The van der Waals surface area contributed by atoms with Crippen molar-refractivity contribution in [1.29, 1.82) is 5.41 Å². The summed E-state index contributed by atoms with van der Waals surface area (Å²) in [4.78, 5) is 4.20. The lowest BCUT2D eigenvalue weighted by atomic mass is 10.2. The second-order valence-corrected chi connectivity index (χ2v) is 4.26. The lowest BCUT2D eigenvalue weighted by Gasteiger charge is -2.08. The molecule has 0 aliphatic heterocycles.